The number of furan rings is 1. The van der Waals surface area contributed by atoms with Crippen molar-refractivity contribution in [3.63, 3.8) is 0 Å². The van der Waals surface area contributed by atoms with Crippen molar-refractivity contribution in [3.05, 3.63) is 48.5 Å². The Hall–Kier alpha value is -2.08. The Kier molecular flexibility index (Phi) is 4.35. The van der Waals surface area contributed by atoms with Gasteiger partial charge in [-0.15, -0.1) is 10.2 Å². The summed E-state index contributed by atoms with van der Waals surface area (Å²) >= 11 is 1.70. The fraction of sp³-hybridized carbons (Fsp3) is 0.267. The van der Waals surface area contributed by atoms with Crippen molar-refractivity contribution in [2.75, 3.05) is 5.75 Å². The highest BCUT2D eigenvalue weighted by molar-refractivity contribution is 7.99. The molecule has 0 unspecified atom stereocenters. The summed E-state index contributed by atoms with van der Waals surface area (Å²) in [5.74, 6) is 2.48. The first-order valence-electron chi connectivity index (χ1n) is 6.87. The highest BCUT2D eigenvalue weighted by Crippen LogP contribution is 2.24. The van der Waals surface area contributed by atoms with Gasteiger partial charge in [0.25, 0.3) is 0 Å². The Morgan fingerprint density at radius 3 is 2.90 bits per heavy atom. The lowest BCUT2D eigenvalue weighted by Gasteiger charge is -2.05. The van der Waals surface area contributed by atoms with Gasteiger partial charge >= 0.3 is 0 Å². The largest absolute Gasteiger partial charge is 0.461 e. The zero-order valence-electron chi connectivity index (χ0n) is 11.8. The van der Waals surface area contributed by atoms with Crippen molar-refractivity contribution >= 4 is 11.8 Å². The first-order valence-corrected chi connectivity index (χ1v) is 7.86. The number of hydrogen-bond acceptors (Lipinski definition) is 5. The van der Waals surface area contributed by atoms with Gasteiger partial charge in [-0.2, -0.15) is 0 Å². The Morgan fingerprint density at radius 2 is 2.19 bits per heavy atom. The molecule has 0 aliphatic carbocycles. The molecular weight excluding hydrogens is 284 g/mol. The van der Waals surface area contributed by atoms with Crippen molar-refractivity contribution in [1.29, 1.82) is 0 Å². The van der Waals surface area contributed by atoms with E-state index in [0.29, 0.717) is 0 Å². The molecule has 3 aromatic rings. The summed E-state index contributed by atoms with van der Waals surface area (Å²) in [4.78, 5) is 4.13. The van der Waals surface area contributed by atoms with Gasteiger partial charge in [-0.25, -0.2) is 0 Å². The van der Waals surface area contributed by atoms with E-state index in [1.807, 2.05) is 24.4 Å². The highest BCUT2D eigenvalue weighted by atomic mass is 32.2. The van der Waals surface area contributed by atoms with Gasteiger partial charge in [0.1, 0.15) is 0 Å². The summed E-state index contributed by atoms with van der Waals surface area (Å²) in [5.41, 5.74) is 1.24. The van der Waals surface area contributed by atoms with Crippen LogP contribution in [0.1, 0.15) is 12.5 Å². The van der Waals surface area contributed by atoms with Crippen LogP contribution in [0.2, 0.25) is 0 Å². The third-order valence-electron chi connectivity index (χ3n) is 3.12. The number of hydrogen-bond donors (Lipinski definition) is 0. The summed E-state index contributed by atoms with van der Waals surface area (Å²) in [6.07, 6.45) is 6.31. The second-order valence-corrected chi connectivity index (χ2v) is 5.55. The third-order valence-corrected chi connectivity index (χ3v) is 4.09. The van der Waals surface area contributed by atoms with Crippen molar-refractivity contribution in [2.45, 2.75) is 25.0 Å². The molecule has 0 atom stereocenters. The van der Waals surface area contributed by atoms with E-state index < -0.39 is 0 Å². The molecule has 0 aromatic carbocycles. The van der Waals surface area contributed by atoms with Crippen LogP contribution in [-0.2, 0) is 13.0 Å². The van der Waals surface area contributed by atoms with Crippen molar-refractivity contribution in [3.8, 4) is 11.6 Å². The molecule has 5 nitrogen and oxygen atoms in total. The molecule has 0 N–H and O–H groups in total. The van der Waals surface area contributed by atoms with Crippen LogP contribution in [0.3, 0.4) is 0 Å². The van der Waals surface area contributed by atoms with Gasteiger partial charge in [-0.1, -0.05) is 17.8 Å². The van der Waals surface area contributed by atoms with E-state index in [0.717, 1.165) is 35.5 Å². The topological polar surface area (TPSA) is 56.7 Å². The van der Waals surface area contributed by atoms with Crippen molar-refractivity contribution < 1.29 is 4.42 Å². The zero-order valence-corrected chi connectivity index (χ0v) is 12.6. The maximum absolute atomic E-state index is 5.41. The molecule has 0 saturated carbocycles. The molecule has 0 aliphatic rings. The molecule has 3 aromatic heterocycles. The van der Waals surface area contributed by atoms with Crippen LogP contribution in [0.15, 0.2) is 52.5 Å². The number of thioether (sulfide) groups is 1. The summed E-state index contributed by atoms with van der Waals surface area (Å²) in [6.45, 7) is 2.90. The molecule has 3 rings (SSSR count). The van der Waals surface area contributed by atoms with Crippen LogP contribution < -0.4 is 0 Å². The first-order chi connectivity index (χ1) is 10.4. The average molecular weight is 300 g/mol. The summed E-state index contributed by atoms with van der Waals surface area (Å²) in [6, 6.07) is 7.81. The van der Waals surface area contributed by atoms with Gasteiger partial charge in [-0.05, 0) is 37.1 Å². The molecule has 6 heteroatoms. The van der Waals surface area contributed by atoms with E-state index in [4.69, 9.17) is 4.42 Å². The Bertz CT molecular complexity index is 679. The lowest BCUT2D eigenvalue weighted by Crippen LogP contribution is -2.00. The Labute approximate surface area is 127 Å². The smallest absolute Gasteiger partial charge is 0.200 e. The van der Waals surface area contributed by atoms with Crippen LogP contribution >= 0.6 is 11.8 Å². The lowest BCUT2D eigenvalue weighted by atomic mass is 10.2. The highest BCUT2D eigenvalue weighted by Gasteiger charge is 2.14. The SMILES string of the molecule is CCn1c(SCCc2cccnc2)nnc1-c1ccco1. The van der Waals surface area contributed by atoms with Gasteiger partial charge in [0.05, 0.1) is 6.26 Å². The van der Waals surface area contributed by atoms with Gasteiger partial charge in [0.2, 0.25) is 0 Å². The molecule has 0 fully saturated rings. The van der Waals surface area contributed by atoms with E-state index in [9.17, 15) is 0 Å². The number of rotatable bonds is 6. The molecule has 3 heterocycles. The Morgan fingerprint density at radius 1 is 1.24 bits per heavy atom. The fourth-order valence-corrected chi connectivity index (χ4v) is 3.07. The first kappa shape index (κ1) is 13.9. The number of aryl methyl sites for hydroxylation is 1. The third kappa shape index (κ3) is 3.16. The maximum Gasteiger partial charge on any atom is 0.200 e. The van der Waals surface area contributed by atoms with Gasteiger partial charge < -0.3 is 4.42 Å². The minimum Gasteiger partial charge on any atom is -0.461 e. The van der Waals surface area contributed by atoms with Crippen LogP contribution in [0.4, 0.5) is 0 Å². The van der Waals surface area contributed by atoms with Crippen molar-refractivity contribution in [1.82, 2.24) is 19.7 Å². The normalized spacial score (nSPS) is 10.9. The van der Waals surface area contributed by atoms with Crippen LogP contribution in [0, 0.1) is 0 Å². The van der Waals surface area contributed by atoms with Crippen molar-refractivity contribution in [2.24, 2.45) is 0 Å². The average Bonchev–Trinajstić information content (AvgIpc) is 3.17. The number of pyridine rings is 1. The fourth-order valence-electron chi connectivity index (χ4n) is 2.07. The molecular formula is C15H16N4OS. The summed E-state index contributed by atoms with van der Waals surface area (Å²) in [7, 11) is 0. The second-order valence-electron chi connectivity index (χ2n) is 4.49. The number of aromatic nitrogens is 4. The van der Waals surface area contributed by atoms with Crippen LogP contribution in [-0.4, -0.2) is 25.5 Å². The number of nitrogens with zero attached hydrogens (tertiary/aromatic N) is 4. The molecule has 0 bridgehead atoms. The Balaban J connectivity index is 1.69. The maximum atomic E-state index is 5.41. The summed E-state index contributed by atoms with van der Waals surface area (Å²) in [5, 5.41) is 9.44. The molecule has 21 heavy (non-hydrogen) atoms. The zero-order chi connectivity index (χ0) is 14.5. The molecule has 0 saturated heterocycles. The van der Waals surface area contributed by atoms with Gasteiger partial charge in [-0.3, -0.25) is 9.55 Å². The van der Waals surface area contributed by atoms with E-state index in [1.54, 1.807) is 24.2 Å². The minimum absolute atomic E-state index is 0.753. The predicted octanol–water partition coefficient (Wildman–Crippen LogP) is 3.29. The summed E-state index contributed by atoms with van der Waals surface area (Å²) < 4.78 is 7.48. The molecule has 108 valence electrons. The van der Waals surface area contributed by atoms with Crippen LogP contribution in [0.25, 0.3) is 11.6 Å². The second kappa shape index (κ2) is 6.58. The van der Waals surface area contributed by atoms with Gasteiger partial charge in [0, 0.05) is 24.7 Å². The van der Waals surface area contributed by atoms with E-state index in [1.165, 1.54) is 5.56 Å². The lowest BCUT2D eigenvalue weighted by molar-refractivity contribution is 0.567. The minimum atomic E-state index is 0.753. The van der Waals surface area contributed by atoms with Crippen LogP contribution in [0.5, 0.6) is 0 Å². The van der Waals surface area contributed by atoms with Gasteiger partial charge in [0.15, 0.2) is 16.7 Å². The van der Waals surface area contributed by atoms with E-state index in [2.05, 4.69) is 32.7 Å². The monoisotopic (exact) mass is 300 g/mol. The molecule has 0 amide bonds. The molecule has 0 spiro atoms. The molecule has 0 aliphatic heterocycles. The standard InChI is InChI=1S/C15H16N4OS/c1-2-19-14(13-6-4-9-20-13)17-18-15(19)21-10-7-12-5-3-8-16-11-12/h3-6,8-9,11H,2,7,10H2,1H3. The molecule has 0 radical (unpaired) electrons. The predicted molar refractivity (Wildman–Crippen MR) is 82.1 cm³/mol. The van der Waals surface area contributed by atoms with E-state index >= 15 is 0 Å². The van der Waals surface area contributed by atoms with E-state index in [-0.39, 0.29) is 0 Å². The quantitative estimate of drug-likeness (QED) is 0.654.